The fraction of sp³-hybridized carbons (Fsp3) is 0.435. The first kappa shape index (κ1) is 20.8. The van der Waals surface area contributed by atoms with Crippen molar-refractivity contribution in [3.05, 3.63) is 52.7 Å². The van der Waals surface area contributed by atoms with Crippen LogP contribution >= 0.6 is 11.3 Å². The summed E-state index contributed by atoms with van der Waals surface area (Å²) in [6, 6.07) is 12.9. The van der Waals surface area contributed by atoms with E-state index in [0.717, 1.165) is 60.8 Å². The normalized spacial score (nSPS) is 15.4. The first-order valence-corrected chi connectivity index (χ1v) is 11.5. The van der Waals surface area contributed by atoms with Gasteiger partial charge in [0.25, 0.3) is 0 Å². The lowest BCUT2D eigenvalue weighted by Gasteiger charge is -2.32. The Bertz CT molecular complexity index is 996. The highest BCUT2D eigenvalue weighted by Gasteiger charge is 2.21. The van der Waals surface area contributed by atoms with E-state index in [1.807, 2.05) is 13.0 Å². The Morgan fingerprint density at radius 1 is 1.20 bits per heavy atom. The number of fused-ring (bicyclic) bond motifs is 1. The summed E-state index contributed by atoms with van der Waals surface area (Å²) in [5.74, 6) is 1.49. The second-order valence-corrected chi connectivity index (χ2v) is 8.98. The lowest BCUT2D eigenvalue weighted by Crippen LogP contribution is -2.45. The summed E-state index contributed by atoms with van der Waals surface area (Å²) in [5.41, 5.74) is 1.34. The average Bonchev–Trinajstić information content (AvgIpc) is 3.17. The van der Waals surface area contributed by atoms with Crippen LogP contribution in [0.2, 0.25) is 0 Å². The molecule has 2 N–H and O–H groups in total. The number of piperidine rings is 1. The van der Waals surface area contributed by atoms with Crippen molar-refractivity contribution in [2.45, 2.75) is 45.7 Å². The average molecular weight is 424 g/mol. The van der Waals surface area contributed by atoms with Crippen LogP contribution < -0.4 is 10.6 Å². The minimum atomic E-state index is 0.0202. The molecule has 0 bridgehead atoms. The third-order valence-corrected chi connectivity index (χ3v) is 6.70. The van der Waals surface area contributed by atoms with Gasteiger partial charge in [0.1, 0.15) is 16.5 Å². The highest BCUT2D eigenvalue weighted by Crippen LogP contribution is 2.29. The number of rotatable bonds is 7. The first-order valence-electron chi connectivity index (χ1n) is 10.7. The van der Waals surface area contributed by atoms with Gasteiger partial charge in [-0.05, 0) is 37.8 Å². The molecule has 1 fully saturated rings. The highest BCUT2D eigenvalue weighted by atomic mass is 32.1. The molecule has 1 amide bonds. The third kappa shape index (κ3) is 5.15. The second-order valence-electron chi connectivity index (χ2n) is 7.86. The number of nitrogens with zero attached hydrogens (tertiary/aromatic N) is 3. The molecule has 2 aromatic heterocycles. The van der Waals surface area contributed by atoms with Crippen molar-refractivity contribution < 1.29 is 4.79 Å². The van der Waals surface area contributed by atoms with Crippen LogP contribution in [-0.4, -0.2) is 46.5 Å². The molecule has 3 aromatic rings. The molecule has 7 heteroatoms. The number of hydrogen-bond acceptors (Lipinski definition) is 6. The van der Waals surface area contributed by atoms with Gasteiger partial charge in [0.15, 0.2) is 0 Å². The maximum Gasteiger partial charge on any atom is 0.239 e. The number of likely N-dealkylation sites (tertiary alicyclic amines) is 1. The van der Waals surface area contributed by atoms with E-state index in [-0.39, 0.29) is 18.5 Å². The zero-order valence-electron chi connectivity index (χ0n) is 17.6. The van der Waals surface area contributed by atoms with Crippen LogP contribution in [0, 0.1) is 6.92 Å². The highest BCUT2D eigenvalue weighted by molar-refractivity contribution is 7.18. The van der Waals surface area contributed by atoms with Gasteiger partial charge in [-0.15, -0.1) is 11.3 Å². The molecule has 0 spiro atoms. The van der Waals surface area contributed by atoms with Crippen molar-refractivity contribution >= 4 is 33.3 Å². The molecule has 4 rings (SSSR count). The van der Waals surface area contributed by atoms with Crippen molar-refractivity contribution in [3.63, 3.8) is 0 Å². The smallest absolute Gasteiger partial charge is 0.239 e. The Morgan fingerprint density at radius 3 is 2.70 bits per heavy atom. The van der Waals surface area contributed by atoms with E-state index in [1.54, 1.807) is 11.3 Å². The number of thiophene rings is 1. The molecule has 0 unspecified atom stereocenters. The van der Waals surface area contributed by atoms with Crippen molar-refractivity contribution in [1.82, 2.24) is 20.2 Å². The molecule has 0 radical (unpaired) electrons. The van der Waals surface area contributed by atoms with E-state index in [4.69, 9.17) is 0 Å². The Balaban J connectivity index is 1.27. The molecule has 0 atom stereocenters. The van der Waals surface area contributed by atoms with Crippen LogP contribution in [0.25, 0.3) is 10.2 Å². The summed E-state index contributed by atoms with van der Waals surface area (Å²) in [6.45, 7) is 7.25. The molecule has 1 aromatic carbocycles. The van der Waals surface area contributed by atoms with E-state index >= 15 is 0 Å². The number of carbonyl (C=O) groups is 1. The van der Waals surface area contributed by atoms with E-state index in [1.165, 1.54) is 10.4 Å². The molecular formula is C23H29N5OS. The van der Waals surface area contributed by atoms with E-state index in [2.05, 4.69) is 62.8 Å². The summed E-state index contributed by atoms with van der Waals surface area (Å²) < 4.78 is 0. The van der Waals surface area contributed by atoms with Crippen molar-refractivity contribution in [2.24, 2.45) is 0 Å². The molecule has 1 saturated heterocycles. The number of hydrogen-bond donors (Lipinski definition) is 2. The zero-order valence-corrected chi connectivity index (χ0v) is 18.5. The number of aromatic nitrogens is 2. The molecule has 6 nitrogen and oxygen atoms in total. The summed E-state index contributed by atoms with van der Waals surface area (Å²) in [6.07, 6.45) is 2.95. The molecular weight excluding hydrogens is 394 g/mol. The predicted molar refractivity (Wildman–Crippen MR) is 123 cm³/mol. The first-order chi connectivity index (χ1) is 14.6. The molecule has 3 heterocycles. The molecule has 0 saturated carbocycles. The van der Waals surface area contributed by atoms with Gasteiger partial charge in [-0.3, -0.25) is 9.69 Å². The fourth-order valence-corrected chi connectivity index (χ4v) is 4.92. The summed E-state index contributed by atoms with van der Waals surface area (Å²) >= 11 is 1.69. The number of aryl methyl sites for hydroxylation is 2. The molecule has 30 heavy (non-hydrogen) atoms. The maximum atomic E-state index is 12.5. The van der Waals surface area contributed by atoms with E-state index in [0.29, 0.717) is 0 Å². The number of carbonyl (C=O) groups excluding carboxylic acids is 1. The van der Waals surface area contributed by atoms with Gasteiger partial charge in [-0.25, -0.2) is 9.97 Å². The second kappa shape index (κ2) is 9.53. The molecule has 1 aliphatic heterocycles. The number of anilines is 1. The van der Waals surface area contributed by atoms with Crippen LogP contribution in [0.5, 0.6) is 0 Å². The van der Waals surface area contributed by atoms with E-state index < -0.39 is 0 Å². The largest absolute Gasteiger partial charge is 0.360 e. The summed E-state index contributed by atoms with van der Waals surface area (Å²) in [7, 11) is 0. The lowest BCUT2D eigenvalue weighted by molar-refractivity contribution is -0.120. The quantitative estimate of drug-likeness (QED) is 0.606. The van der Waals surface area contributed by atoms with Crippen LogP contribution in [0.3, 0.4) is 0 Å². The summed E-state index contributed by atoms with van der Waals surface area (Å²) in [5, 5.41) is 7.42. The van der Waals surface area contributed by atoms with Crippen molar-refractivity contribution in [1.29, 1.82) is 0 Å². The van der Waals surface area contributed by atoms with Gasteiger partial charge in [0.2, 0.25) is 5.91 Å². The van der Waals surface area contributed by atoms with Crippen LogP contribution in [-0.2, 0) is 17.8 Å². The van der Waals surface area contributed by atoms with Gasteiger partial charge < -0.3 is 10.6 Å². The topological polar surface area (TPSA) is 70.2 Å². The monoisotopic (exact) mass is 423 g/mol. The predicted octanol–water partition coefficient (Wildman–Crippen LogP) is 3.75. The number of nitrogens with one attached hydrogen (secondary N) is 2. The van der Waals surface area contributed by atoms with Gasteiger partial charge in [0.05, 0.1) is 11.9 Å². The van der Waals surface area contributed by atoms with Gasteiger partial charge in [0, 0.05) is 30.6 Å². The molecule has 0 aliphatic carbocycles. The Kier molecular flexibility index (Phi) is 6.59. The fourth-order valence-electron chi connectivity index (χ4n) is 3.91. The lowest BCUT2D eigenvalue weighted by atomic mass is 10.0. The molecule has 158 valence electrons. The number of amides is 1. The van der Waals surface area contributed by atoms with Gasteiger partial charge in [-0.2, -0.15) is 0 Å². The van der Waals surface area contributed by atoms with Crippen molar-refractivity contribution in [3.8, 4) is 0 Å². The van der Waals surface area contributed by atoms with E-state index in [9.17, 15) is 4.79 Å². The van der Waals surface area contributed by atoms with Crippen LogP contribution in [0.4, 0.5) is 5.82 Å². The van der Waals surface area contributed by atoms with Crippen LogP contribution in [0.1, 0.15) is 36.0 Å². The Labute approximate surface area is 181 Å². The van der Waals surface area contributed by atoms with Gasteiger partial charge >= 0.3 is 0 Å². The van der Waals surface area contributed by atoms with Crippen LogP contribution in [0.15, 0.2) is 36.4 Å². The van der Waals surface area contributed by atoms with Crippen molar-refractivity contribution in [2.75, 3.05) is 25.0 Å². The standard InChI is InChI=1S/C23H29N5OS/c1-3-19-13-20-22(25-16(2)26-23(20)30-19)24-14-21(29)27-18-9-11-28(12-10-18)15-17-7-5-4-6-8-17/h4-8,13,18H,3,9-12,14-15H2,1-2H3,(H,27,29)(H,24,25,26). The Morgan fingerprint density at radius 2 is 1.97 bits per heavy atom. The minimum absolute atomic E-state index is 0.0202. The maximum absolute atomic E-state index is 12.5. The third-order valence-electron chi connectivity index (χ3n) is 5.52. The number of benzene rings is 1. The SMILES string of the molecule is CCc1cc2c(NCC(=O)NC3CCN(Cc4ccccc4)CC3)nc(C)nc2s1. The Hall–Kier alpha value is -2.51. The summed E-state index contributed by atoms with van der Waals surface area (Å²) in [4.78, 5) is 26.3. The molecule has 1 aliphatic rings. The zero-order chi connectivity index (χ0) is 20.9. The van der Waals surface area contributed by atoms with Gasteiger partial charge in [-0.1, -0.05) is 37.3 Å². The minimum Gasteiger partial charge on any atom is -0.360 e.